The Kier molecular flexibility index (Phi) is 3.19. The Labute approximate surface area is 93.4 Å². The first-order valence-corrected chi connectivity index (χ1v) is 7.07. The molecule has 0 unspecified atom stereocenters. The molecule has 0 aliphatic carbocycles. The zero-order valence-electron chi connectivity index (χ0n) is 8.41. The summed E-state index contributed by atoms with van der Waals surface area (Å²) >= 11 is 3.56. The molecule has 14 heavy (non-hydrogen) atoms. The summed E-state index contributed by atoms with van der Waals surface area (Å²) in [4.78, 5) is 5.95. The number of hydrogen-bond donors (Lipinski definition) is 0. The van der Waals surface area contributed by atoms with Crippen LogP contribution >= 0.6 is 23.5 Å². The van der Waals surface area contributed by atoms with Crippen LogP contribution in [-0.4, -0.2) is 17.6 Å². The lowest BCUT2D eigenvalue weighted by molar-refractivity contribution is 1.01. The first-order chi connectivity index (χ1) is 6.83. The van der Waals surface area contributed by atoms with E-state index in [9.17, 15) is 0 Å². The number of hydrogen-bond acceptors (Lipinski definition) is 3. The molecule has 3 heteroatoms. The van der Waals surface area contributed by atoms with Crippen LogP contribution in [0.2, 0.25) is 0 Å². The molecule has 74 valence electrons. The number of aryl methyl sites for hydroxylation is 1. The van der Waals surface area contributed by atoms with E-state index in [0.717, 1.165) is 12.8 Å². The van der Waals surface area contributed by atoms with E-state index < -0.39 is 0 Å². The molecule has 1 aromatic rings. The largest absolute Gasteiger partial charge is 0.246 e. The number of fused-ring (bicyclic) bond motifs is 1. The van der Waals surface area contributed by atoms with Gasteiger partial charge in [-0.2, -0.15) is 0 Å². The van der Waals surface area contributed by atoms with Crippen LogP contribution in [0.3, 0.4) is 0 Å². The molecule has 0 bridgehead atoms. The Balaban J connectivity index is 2.37. The van der Waals surface area contributed by atoms with Gasteiger partial charge in [-0.25, -0.2) is 4.99 Å². The number of rotatable bonds is 1. The maximum absolute atomic E-state index is 4.61. The third kappa shape index (κ3) is 1.98. The molecule has 0 radical (unpaired) electrons. The van der Waals surface area contributed by atoms with Crippen LogP contribution in [0.1, 0.15) is 12.0 Å². The highest BCUT2D eigenvalue weighted by Gasteiger charge is 2.11. The molecular formula is C11H13NS2. The zero-order chi connectivity index (χ0) is 9.97. The molecule has 1 aliphatic heterocycles. The average molecular weight is 223 g/mol. The van der Waals surface area contributed by atoms with Gasteiger partial charge in [-0.1, -0.05) is 0 Å². The van der Waals surface area contributed by atoms with Crippen molar-refractivity contribution in [2.24, 2.45) is 4.99 Å². The summed E-state index contributed by atoms with van der Waals surface area (Å²) in [6.45, 7) is 0. The molecule has 1 aliphatic rings. The van der Waals surface area contributed by atoms with E-state index in [0.29, 0.717) is 0 Å². The number of nitrogens with zero attached hydrogens (tertiary/aromatic N) is 1. The van der Waals surface area contributed by atoms with Gasteiger partial charge >= 0.3 is 0 Å². The molecule has 0 fully saturated rings. The van der Waals surface area contributed by atoms with Gasteiger partial charge in [0.2, 0.25) is 0 Å². The van der Waals surface area contributed by atoms with Gasteiger partial charge in [0.15, 0.2) is 0 Å². The van der Waals surface area contributed by atoms with Crippen LogP contribution in [0.5, 0.6) is 0 Å². The fourth-order valence-electron chi connectivity index (χ4n) is 1.58. The molecule has 0 spiro atoms. The summed E-state index contributed by atoms with van der Waals surface area (Å²) < 4.78 is 0. The van der Waals surface area contributed by atoms with E-state index in [1.54, 1.807) is 23.5 Å². The van der Waals surface area contributed by atoms with Crippen LogP contribution in [-0.2, 0) is 6.42 Å². The third-order valence-corrected chi connectivity index (χ3v) is 3.87. The molecule has 0 amide bonds. The number of benzene rings is 1. The van der Waals surface area contributed by atoms with Gasteiger partial charge in [0, 0.05) is 4.90 Å². The maximum atomic E-state index is 4.61. The minimum absolute atomic E-state index is 1.10. The van der Waals surface area contributed by atoms with Crippen LogP contribution in [0.4, 0.5) is 5.69 Å². The predicted octanol–water partition coefficient (Wildman–Crippen LogP) is 3.75. The number of thioether (sulfide) groups is 2. The number of aliphatic imine (C=N–C) groups is 1. The molecule has 0 N–H and O–H groups in total. The highest BCUT2D eigenvalue weighted by atomic mass is 32.2. The maximum Gasteiger partial charge on any atom is 0.0739 e. The summed E-state index contributed by atoms with van der Waals surface area (Å²) in [5, 5.41) is 1.26. The van der Waals surface area contributed by atoms with Gasteiger partial charge in [0.1, 0.15) is 0 Å². The van der Waals surface area contributed by atoms with E-state index in [-0.39, 0.29) is 0 Å². The van der Waals surface area contributed by atoms with Crippen LogP contribution in [0.15, 0.2) is 28.1 Å². The van der Waals surface area contributed by atoms with Crippen molar-refractivity contribution < 1.29 is 0 Å². The minimum atomic E-state index is 1.10. The third-order valence-electron chi connectivity index (χ3n) is 2.38. The quantitative estimate of drug-likeness (QED) is 0.672. The van der Waals surface area contributed by atoms with Gasteiger partial charge in [-0.3, -0.25) is 0 Å². The van der Waals surface area contributed by atoms with Crippen molar-refractivity contribution in [1.82, 2.24) is 0 Å². The van der Waals surface area contributed by atoms with Crippen LogP contribution < -0.4 is 0 Å². The Morgan fingerprint density at radius 2 is 2.00 bits per heavy atom. The Morgan fingerprint density at radius 3 is 2.71 bits per heavy atom. The zero-order valence-corrected chi connectivity index (χ0v) is 10.0. The Hall–Kier alpha value is -0.410. The van der Waals surface area contributed by atoms with Gasteiger partial charge in [-0.15, -0.1) is 23.5 Å². The second-order valence-corrected chi connectivity index (χ2v) is 4.96. The van der Waals surface area contributed by atoms with Crippen molar-refractivity contribution in [3.63, 3.8) is 0 Å². The van der Waals surface area contributed by atoms with E-state index in [2.05, 4.69) is 35.7 Å². The lowest BCUT2D eigenvalue weighted by Crippen LogP contribution is -2.01. The molecule has 0 saturated heterocycles. The van der Waals surface area contributed by atoms with Crippen molar-refractivity contribution >= 4 is 34.3 Å². The smallest absolute Gasteiger partial charge is 0.0739 e. The molecule has 1 nitrogen and oxygen atoms in total. The van der Waals surface area contributed by atoms with E-state index >= 15 is 0 Å². The molecule has 2 rings (SSSR count). The molecule has 0 atom stereocenters. The second-order valence-electron chi connectivity index (χ2n) is 3.20. The molecule has 1 heterocycles. The van der Waals surface area contributed by atoms with E-state index in [1.807, 2.05) is 0 Å². The minimum Gasteiger partial charge on any atom is -0.246 e. The van der Waals surface area contributed by atoms with Gasteiger partial charge in [0.25, 0.3) is 0 Å². The first kappa shape index (κ1) is 10.1. The van der Waals surface area contributed by atoms with Crippen LogP contribution in [0, 0.1) is 0 Å². The summed E-state index contributed by atoms with van der Waals surface area (Å²) in [6.07, 6.45) is 6.46. The first-order valence-electron chi connectivity index (χ1n) is 4.62. The van der Waals surface area contributed by atoms with E-state index in [1.165, 1.54) is 21.2 Å². The van der Waals surface area contributed by atoms with Crippen molar-refractivity contribution in [3.8, 4) is 0 Å². The predicted molar refractivity (Wildman–Crippen MR) is 67.2 cm³/mol. The summed E-state index contributed by atoms with van der Waals surface area (Å²) in [6, 6.07) is 6.55. The summed E-state index contributed by atoms with van der Waals surface area (Å²) in [5.74, 6) is 0. The van der Waals surface area contributed by atoms with E-state index in [4.69, 9.17) is 0 Å². The van der Waals surface area contributed by atoms with Crippen molar-refractivity contribution in [2.45, 2.75) is 17.7 Å². The van der Waals surface area contributed by atoms with Gasteiger partial charge < -0.3 is 0 Å². The molecule has 0 saturated carbocycles. The molecule has 0 aromatic heterocycles. The standard InChI is InChI=1S/C11H13NS2/c1-13-9-4-5-10-8(7-9)3-6-11(12-10)14-2/h4-5,7H,3,6H2,1-2H3. The lowest BCUT2D eigenvalue weighted by Gasteiger charge is -2.14. The average Bonchev–Trinajstić information content (AvgIpc) is 2.27. The fourth-order valence-corrected chi connectivity index (χ4v) is 2.54. The summed E-state index contributed by atoms with van der Waals surface area (Å²) in [5.41, 5.74) is 2.56. The second kappa shape index (κ2) is 4.41. The summed E-state index contributed by atoms with van der Waals surface area (Å²) in [7, 11) is 0. The highest BCUT2D eigenvalue weighted by Crippen LogP contribution is 2.31. The highest BCUT2D eigenvalue weighted by molar-refractivity contribution is 8.13. The van der Waals surface area contributed by atoms with Gasteiger partial charge in [0.05, 0.1) is 10.7 Å². The Bertz CT molecular complexity index is 372. The fraction of sp³-hybridized carbons (Fsp3) is 0.364. The lowest BCUT2D eigenvalue weighted by atomic mass is 10.1. The monoisotopic (exact) mass is 223 g/mol. The molecular weight excluding hydrogens is 210 g/mol. The molecule has 1 aromatic carbocycles. The SMILES string of the molecule is CSC1=Nc2ccc(SC)cc2CC1. The van der Waals surface area contributed by atoms with Crippen molar-refractivity contribution in [3.05, 3.63) is 23.8 Å². The van der Waals surface area contributed by atoms with Crippen molar-refractivity contribution in [1.29, 1.82) is 0 Å². The topological polar surface area (TPSA) is 12.4 Å². The van der Waals surface area contributed by atoms with Crippen molar-refractivity contribution in [2.75, 3.05) is 12.5 Å². The normalized spacial score (nSPS) is 14.9. The van der Waals surface area contributed by atoms with Crippen LogP contribution in [0.25, 0.3) is 0 Å². The van der Waals surface area contributed by atoms with Gasteiger partial charge in [-0.05, 0) is 49.1 Å². The Morgan fingerprint density at radius 1 is 1.14 bits per heavy atom.